The van der Waals surface area contributed by atoms with E-state index in [-0.39, 0.29) is 11.5 Å². The molecule has 3 heterocycles. The molecule has 0 aliphatic rings. The molecule has 152 valence electrons. The van der Waals surface area contributed by atoms with E-state index in [1.165, 1.54) is 24.7 Å². The summed E-state index contributed by atoms with van der Waals surface area (Å²) in [6.45, 7) is 2.43. The van der Waals surface area contributed by atoms with E-state index in [4.69, 9.17) is 8.83 Å². The zero-order chi connectivity index (χ0) is 20.9. The average molecular weight is 403 g/mol. The van der Waals surface area contributed by atoms with Crippen molar-refractivity contribution in [1.29, 1.82) is 0 Å². The molecular formula is C23H21N3O4. The van der Waals surface area contributed by atoms with E-state index in [1.54, 1.807) is 18.2 Å². The largest absolute Gasteiger partial charge is 0.465 e. The molecule has 7 heteroatoms. The minimum atomic E-state index is -0.513. The Morgan fingerprint density at radius 2 is 1.83 bits per heavy atom. The minimum absolute atomic E-state index is 0.0713. The van der Waals surface area contributed by atoms with Gasteiger partial charge >= 0.3 is 0 Å². The van der Waals surface area contributed by atoms with Crippen LogP contribution in [0.1, 0.15) is 27.6 Å². The molecular weight excluding hydrogens is 382 g/mol. The molecule has 4 aromatic rings. The van der Waals surface area contributed by atoms with Crippen molar-refractivity contribution < 1.29 is 18.4 Å². The van der Waals surface area contributed by atoms with E-state index >= 15 is 0 Å². The number of hydrogen-bond donors (Lipinski definition) is 3. The lowest BCUT2D eigenvalue weighted by atomic mass is 10.1. The topological polar surface area (TPSA) is 100 Å². The second-order valence-corrected chi connectivity index (χ2v) is 6.78. The zero-order valence-electron chi connectivity index (χ0n) is 16.4. The summed E-state index contributed by atoms with van der Waals surface area (Å²) in [5.41, 5.74) is 3.37. The first-order valence-corrected chi connectivity index (χ1v) is 9.56. The Morgan fingerprint density at radius 3 is 2.60 bits per heavy atom. The molecule has 2 amide bonds. The third-order valence-electron chi connectivity index (χ3n) is 4.76. The van der Waals surface area contributed by atoms with Crippen LogP contribution in [-0.4, -0.2) is 23.3 Å². The Bertz CT molecular complexity index is 1180. The maximum atomic E-state index is 12.8. The molecule has 3 aromatic heterocycles. The highest BCUT2D eigenvalue weighted by molar-refractivity contribution is 6.04. The van der Waals surface area contributed by atoms with Gasteiger partial charge in [-0.25, -0.2) is 0 Å². The summed E-state index contributed by atoms with van der Waals surface area (Å²) in [6.07, 6.45) is 5.03. The summed E-state index contributed by atoms with van der Waals surface area (Å²) >= 11 is 0. The fourth-order valence-corrected chi connectivity index (χ4v) is 3.32. The first kappa shape index (κ1) is 19.3. The number of fused-ring (bicyclic) bond motifs is 1. The Morgan fingerprint density at radius 1 is 1.03 bits per heavy atom. The van der Waals surface area contributed by atoms with Crippen molar-refractivity contribution in [2.45, 2.75) is 13.3 Å². The first-order chi connectivity index (χ1) is 14.6. The number of nitrogens with one attached hydrogen (secondary N) is 3. The maximum absolute atomic E-state index is 12.8. The number of aryl methyl sites for hydroxylation is 1. The van der Waals surface area contributed by atoms with Crippen LogP contribution in [0.4, 0.5) is 0 Å². The molecule has 30 heavy (non-hydrogen) atoms. The van der Waals surface area contributed by atoms with Gasteiger partial charge in [0, 0.05) is 29.2 Å². The van der Waals surface area contributed by atoms with Crippen LogP contribution >= 0.6 is 0 Å². The number of benzene rings is 1. The lowest BCUT2D eigenvalue weighted by Gasteiger charge is -2.10. The Hall–Kier alpha value is -4.00. The molecule has 0 saturated heterocycles. The molecule has 0 bridgehead atoms. The van der Waals surface area contributed by atoms with Crippen LogP contribution in [-0.2, 0) is 11.2 Å². The SMILES string of the molecule is Cc1[nH]c2ccccc2c1CCNC(=O)/C(=C/c1ccco1)NC(=O)c1ccco1. The molecule has 0 radical (unpaired) electrons. The van der Waals surface area contributed by atoms with Crippen molar-refractivity contribution in [2.24, 2.45) is 0 Å². The fraction of sp³-hybridized carbons (Fsp3) is 0.130. The number of hydrogen-bond acceptors (Lipinski definition) is 4. The average Bonchev–Trinajstić information content (AvgIpc) is 3.49. The lowest BCUT2D eigenvalue weighted by molar-refractivity contribution is -0.117. The van der Waals surface area contributed by atoms with Gasteiger partial charge < -0.3 is 24.5 Å². The van der Waals surface area contributed by atoms with Crippen molar-refractivity contribution in [3.05, 3.63) is 89.5 Å². The van der Waals surface area contributed by atoms with Crippen molar-refractivity contribution in [2.75, 3.05) is 6.54 Å². The van der Waals surface area contributed by atoms with Crippen LogP contribution in [0.25, 0.3) is 17.0 Å². The quantitative estimate of drug-likeness (QED) is 0.409. The van der Waals surface area contributed by atoms with E-state index < -0.39 is 11.8 Å². The van der Waals surface area contributed by atoms with Gasteiger partial charge in [-0.3, -0.25) is 9.59 Å². The molecule has 0 fully saturated rings. The monoisotopic (exact) mass is 403 g/mol. The summed E-state index contributed by atoms with van der Waals surface area (Å²) in [6, 6.07) is 14.6. The van der Waals surface area contributed by atoms with E-state index in [1.807, 2.05) is 25.1 Å². The number of furan rings is 2. The van der Waals surface area contributed by atoms with Gasteiger partial charge in [0.25, 0.3) is 11.8 Å². The zero-order valence-corrected chi connectivity index (χ0v) is 16.4. The van der Waals surface area contributed by atoms with Crippen molar-refractivity contribution in [3.8, 4) is 0 Å². The number of carbonyl (C=O) groups excluding carboxylic acids is 2. The minimum Gasteiger partial charge on any atom is -0.465 e. The standard InChI is InChI=1S/C23H21N3O4/c1-15-17(18-7-2-3-8-19(18)25-15)10-11-24-22(27)20(14-16-6-4-12-29-16)26-23(28)21-9-5-13-30-21/h2-9,12-14,25H,10-11H2,1H3,(H,24,27)(H,26,28)/b20-14-. The fourth-order valence-electron chi connectivity index (χ4n) is 3.32. The predicted octanol–water partition coefficient (Wildman–Crippen LogP) is 3.79. The second kappa shape index (κ2) is 8.57. The van der Waals surface area contributed by atoms with Crippen molar-refractivity contribution >= 4 is 28.8 Å². The van der Waals surface area contributed by atoms with Gasteiger partial charge in [0.15, 0.2) is 5.76 Å². The van der Waals surface area contributed by atoms with Crippen LogP contribution in [0, 0.1) is 6.92 Å². The van der Waals surface area contributed by atoms with Crippen LogP contribution < -0.4 is 10.6 Å². The molecule has 1 aromatic carbocycles. The molecule has 0 saturated carbocycles. The molecule has 0 spiro atoms. The van der Waals surface area contributed by atoms with E-state index in [9.17, 15) is 9.59 Å². The summed E-state index contributed by atoms with van der Waals surface area (Å²) < 4.78 is 10.4. The number of rotatable bonds is 7. The predicted molar refractivity (Wildman–Crippen MR) is 113 cm³/mol. The van der Waals surface area contributed by atoms with Gasteiger partial charge in [-0.15, -0.1) is 0 Å². The van der Waals surface area contributed by atoms with Gasteiger partial charge in [0.1, 0.15) is 11.5 Å². The number of para-hydroxylation sites is 1. The van der Waals surface area contributed by atoms with E-state index in [0.29, 0.717) is 18.7 Å². The smallest absolute Gasteiger partial charge is 0.291 e. The summed E-state index contributed by atoms with van der Waals surface area (Å²) in [5, 5.41) is 6.60. The van der Waals surface area contributed by atoms with Gasteiger partial charge in [0.05, 0.1) is 12.5 Å². The van der Waals surface area contributed by atoms with Crippen molar-refractivity contribution in [1.82, 2.24) is 15.6 Å². The molecule has 0 aliphatic carbocycles. The third kappa shape index (κ3) is 4.20. The lowest BCUT2D eigenvalue weighted by Crippen LogP contribution is -2.35. The van der Waals surface area contributed by atoms with E-state index in [0.717, 1.165) is 22.2 Å². The molecule has 0 atom stereocenters. The normalized spacial score (nSPS) is 11.6. The van der Waals surface area contributed by atoms with Gasteiger partial charge in [-0.05, 0) is 49.2 Å². The number of aromatic amines is 1. The number of carbonyl (C=O) groups is 2. The number of amides is 2. The first-order valence-electron chi connectivity index (χ1n) is 9.56. The van der Waals surface area contributed by atoms with E-state index in [2.05, 4.69) is 21.7 Å². The number of H-pyrrole nitrogens is 1. The highest BCUT2D eigenvalue weighted by Crippen LogP contribution is 2.22. The molecule has 7 nitrogen and oxygen atoms in total. The molecule has 0 unspecified atom stereocenters. The Balaban J connectivity index is 1.46. The van der Waals surface area contributed by atoms with Crippen molar-refractivity contribution in [3.63, 3.8) is 0 Å². The highest BCUT2D eigenvalue weighted by atomic mass is 16.3. The van der Waals surface area contributed by atoms with Gasteiger partial charge in [-0.2, -0.15) is 0 Å². The Kier molecular flexibility index (Phi) is 5.52. The summed E-state index contributed by atoms with van der Waals surface area (Å²) in [7, 11) is 0. The third-order valence-corrected chi connectivity index (χ3v) is 4.76. The molecule has 0 aliphatic heterocycles. The second-order valence-electron chi connectivity index (χ2n) is 6.78. The highest BCUT2D eigenvalue weighted by Gasteiger charge is 2.17. The van der Waals surface area contributed by atoms with Crippen LogP contribution in [0.2, 0.25) is 0 Å². The summed E-state index contributed by atoms with van der Waals surface area (Å²) in [4.78, 5) is 28.5. The summed E-state index contributed by atoms with van der Waals surface area (Å²) in [5.74, 6) is -0.362. The Labute approximate surface area is 172 Å². The molecule has 3 N–H and O–H groups in total. The van der Waals surface area contributed by atoms with Crippen LogP contribution in [0.3, 0.4) is 0 Å². The van der Waals surface area contributed by atoms with Crippen LogP contribution in [0.15, 0.2) is 75.6 Å². The van der Waals surface area contributed by atoms with Gasteiger partial charge in [0.2, 0.25) is 0 Å². The van der Waals surface area contributed by atoms with Crippen LogP contribution in [0.5, 0.6) is 0 Å². The maximum Gasteiger partial charge on any atom is 0.291 e. The molecule has 4 rings (SSSR count). The number of aromatic nitrogens is 1. The van der Waals surface area contributed by atoms with Gasteiger partial charge in [-0.1, -0.05) is 18.2 Å².